The molecule has 1 aromatic carbocycles. The molecule has 0 spiro atoms. The lowest BCUT2D eigenvalue weighted by Gasteiger charge is -2.37. The van der Waals surface area contributed by atoms with Gasteiger partial charge in [-0.05, 0) is 43.7 Å². The van der Waals surface area contributed by atoms with Gasteiger partial charge in [-0.2, -0.15) is 0 Å². The monoisotopic (exact) mass is 484 g/mol. The molecule has 3 aromatic rings. The predicted molar refractivity (Wildman–Crippen MR) is 138 cm³/mol. The van der Waals surface area contributed by atoms with Gasteiger partial charge in [0.05, 0.1) is 12.6 Å². The van der Waals surface area contributed by atoms with E-state index in [2.05, 4.69) is 52.8 Å². The largest absolute Gasteiger partial charge is 0.472 e. The van der Waals surface area contributed by atoms with Crippen LogP contribution in [-0.4, -0.2) is 69.7 Å². The van der Waals surface area contributed by atoms with Crippen LogP contribution in [0, 0.1) is 17.8 Å². The van der Waals surface area contributed by atoms with E-state index in [1.54, 1.807) is 23.4 Å². The quantitative estimate of drug-likeness (QED) is 0.542. The molecule has 0 bridgehead atoms. The number of carbonyl (C=O) groups is 1. The average Bonchev–Trinajstić information content (AvgIpc) is 2.90. The molecule has 1 aliphatic heterocycles. The number of nitrogens with zero attached hydrogens (tertiary/aromatic N) is 4. The van der Waals surface area contributed by atoms with Crippen molar-refractivity contribution < 1.29 is 14.6 Å². The van der Waals surface area contributed by atoms with Crippen LogP contribution in [0.2, 0.25) is 0 Å². The first-order valence-corrected chi connectivity index (χ1v) is 12.2. The zero-order valence-electron chi connectivity index (χ0n) is 21.0. The van der Waals surface area contributed by atoms with Crippen LogP contribution in [0.15, 0.2) is 67.0 Å². The third kappa shape index (κ3) is 6.28. The number of benzene rings is 1. The molecule has 0 saturated carbocycles. The first-order valence-electron chi connectivity index (χ1n) is 12.2. The van der Waals surface area contributed by atoms with Crippen molar-refractivity contribution in [3.63, 3.8) is 0 Å². The molecule has 36 heavy (non-hydrogen) atoms. The fourth-order valence-corrected chi connectivity index (χ4v) is 4.23. The van der Waals surface area contributed by atoms with E-state index in [9.17, 15) is 9.90 Å². The van der Waals surface area contributed by atoms with Crippen LogP contribution in [0.1, 0.15) is 41.0 Å². The van der Waals surface area contributed by atoms with Gasteiger partial charge in [-0.15, -0.1) is 0 Å². The molecular weight excluding hydrogens is 452 g/mol. The summed E-state index contributed by atoms with van der Waals surface area (Å²) >= 11 is 0. The van der Waals surface area contributed by atoms with Crippen LogP contribution in [0.3, 0.4) is 0 Å². The van der Waals surface area contributed by atoms with E-state index in [-0.39, 0.29) is 30.6 Å². The third-order valence-electron chi connectivity index (χ3n) is 6.31. The molecule has 4 rings (SSSR count). The van der Waals surface area contributed by atoms with Crippen molar-refractivity contribution in [1.82, 2.24) is 19.8 Å². The predicted octanol–water partition coefficient (Wildman–Crippen LogP) is 3.23. The Labute approximate surface area is 212 Å². The van der Waals surface area contributed by atoms with Gasteiger partial charge < -0.3 is 14.7 Å². The smallest absolute Gasteiger partial charge is 0.259 e. The van der Waals surface area contributed by atoms with E-state index >= 15 is 0 Å². The van der Waals surface area contributed by atoms with Crippen LogP contribution < -0.4 is 4.74 Å². The highest BCUT2D eigenvalue weighted by Crippen LogP contribution is 2.27. The van der Waals surface area contributed by atoms with Gasteiger partial charge in [0.15, 0.2) is 0 Å². The molecule has 7 heteroatoms. The summed E-state index contributed by atoms with van der Waals surface area (Å²) in [5.74, 6) is 6.16. The number of ether oxygens (including phenoxy) is 1. The fourth-order valence-electron chi connectivity index (χ4n) is 4.23. The molecule has 7 nitrogen and oxygen atoms in total. The molecule has 1 aliphatic rings. The fraction of sp³-hybridized carbons (Fsp3) is 0.345. The van der Waals surface area contributed by atoms with Crippen molar-refractivity contribution in [2.75, 3.05) is 26.7 Å². The van der Waals surface area contributed by atoms with Crippen molar-refractivity contribution >= 4 is 5.91 Å². The number of likely N-dealkylation sites (N-methyl/N-ethyl adjacent to an activating group) is 1. The van der Waals surface area contributed by atoms with Gasteiger partial charge >= 0.3 is 0 Å². The van der Waals surface area contributed by atoms with Crippen LogP contribution in [0.25, 0.3) is 0 Å². The topological polar surface area (TPSA) is 78.8 Å². The lowest BCUT2D eigenvalue weighted by atomic mass is 9.99. The number of carbonyl (C=O) groups excluding carboxylic acids is 1. The summed E-state index contributed by atoms with van der Waals surface area (Å²) < 4.78 is 6.38. The molecule has 0 unspecified atom stereocenters. The second-order valence-corrected chi connectivity index (χ2v) is 9.35. The normalized spacial score (nSPS) is 18.4. The Morgan fingerprint density at radius 1 is 1.17 bits per heavy atom. The Hall–Kier alpha value is -3.73. The van der Waals surface area contributed by atoms with Gasteiger partial charge in [0.25, 0.3) is 5.91 Å². The van der Waals surface area contributed by atoms with E-state index in [0.717, 1.165) is 6.54 Å². The van der Waals surface area contributed by atoms with Crippen molar-refractivity contribution in [2.45, 2.75) is 32.5 Å². The van der Waals surface area contributed by atoms with Gasteiger partial charge in [0.1, 0.15) is 17.4 Å². The van der Waals surface area contributed by atoms with E-state index in [1.807, 2.05) is 43.3 Å². The first-order chi connectivity index (χ1) is 17.4. The van der Waals surface area contributed by atoms with Crippen LogP contribution >= 0.6 is 0 Å². The third-order valence-corrected chi connectivity index (χ3v) is 6.31. The van der Waals surface area contributed by atoms with Crippen LogP contribution in [0.4, 0.5) is 0 Å². The van der Waals surface area contributed by atoms with E-state index in [4.69, 9.17) is 4.74 Å². The van der Waals surface area contributed by atoms with Gasteiger partial charge in [-0.1, -0.05) is 49.2 Å². The molecule has 0 saturated heterocycles. The minimum absolute atomic E-state index is 0.0275. The molecule has 2 aromatic heterocycles. The number of hydrogen-bond donors (Lipinski definition) is 1. The molecule has 186 valence electrons. The Balaban J connectivity index is 1.63. The second-order valence-electron chi connectivity index (χ2n) is 9.35. The summed E-state index contributed by atoms with van der Waals surface area (Å²) in [4.78, 5) is 26.2. The SMILES string of the molecule is C[C@@H]1CN([C@H](C)CO)C(=O)c2cc(C#Cc3ccccn3)cnc2O[C@H]1CN(C)Cc1ccccc1. The first kappa shape index (κ1) is 25.4. The molecule has 0 fully saturated rings. The van der Waals surface area contributed by atoms with E-state index < -0.39 is 0 Å². The minimum Gasteiger partial charge on any atom is -0.472 e. The lowest BCUT2D eigenvalue weighted by molar-refractivity contribution is 0.0325. The average molecular weight is 485 g/mol. The molecular formula is C29H32N4O3. The van der Waals surface area contributed by atoms with E-state index in [0.29, 0.717) is 35.8 Å². The molecule has 3 atom stereocenters. The van der Waals surface area contributed by atoms with Gasteiger partial charge in [0.2, 0.25) is 5.88 Å². The second kappa shape index (κ2) is 11.8. The highest BCUT2D eigenvalue weighted by Gasteiger charge is 2.34. The summed E-state index contributed by atoms with van der Waals surface area (Å²) in [6.07, 6.45) is 3.11. The summed E-state index contributed by atoms with van der Waals surface area (Å²) in [7, 11) is 2.06. The molecule has 0 aliphatic carbocycles. The minimum atomic E-state index is -0.336. The highest BCUT2D eigenvalue weighted by atomic mass is 16.5. The van der Waals surface area contributed by atoms with Gasteiger partial charge in [0, 0.05) is 43.5 Å². The number of amides is 1. The number of hydrogen-bond acceptors (Lipinski definition) is 6. The number of pyridine rings is 2. The molecule has 1 amide bonds. The maximum Gasteiger partial charge on any atom is 0.259 e. The zero-order chi connectivity index (χ0) is 25.5. The number of aliphatic hydroxyl groups excluding tert-OH is 1. The lowest BCUT2D eigenvalue weighted by Crippen LogP contribution is -2.49. The van der Waals surface area contributed by atoms with Crippen molar-refractivity contribution in [3.05, 3.63) is 89.4 Å². The molecule has 3 heterocycles. The number of aromatic nitrogens is 2. The number of rotatable bonds is 6. The Kier molecular flexibility index (Phi) is 8.32. The highest BCUT2D eigenvalue weighted by molar-refractivity contribution is 5.97. The van der Waals surface area contributed by atoms with Crippen molar-refractivity contribution in [1.29, 1.82) is 0 Å². The maximum atomic E-state index is 13.6. The van der Waals surface area contributed by atoms with Crippen LogP contribution in [-0.2, 0) is 6.54 Å². The van der Waals surface area contributed by atoms with Crippen molar-refractivity contribution in [3.8, 4) is 17.7 Å². The number of fused-ring (bicyclic) bond motifs is 1. The van der Waals surface area contributed by atoms with Gasteiger partial charge in [-0.25, -0.2) is 9.97 Å². The van der Waals surface area contributed by atoms with Crippen LogP contribution in [0.5, 0.6) is 5.88 Å². The molecule has 0 radical (unpaired) electrons. The zero-order valence-corrected chi connectivity index (χ0v) is 21.0. The summed E-state index contributed by atoms with van der Waals surface area (Å²) in [6.45, 7) is 5.71. The Morgan fingerprint density at radius 2 is 1.94 bits per heavy atom. The van der Waals surface area contributed by atoms with E-state index in [1.165, 1.54) is 5.56 Å². The summed E-state index contributed by atoms with van der Waals surface area (Å²) in [5.41, 5.74) is 2.81. The summed E-state index contributed by atoms with van der Waals surface area (Å²) in [5, 5.41) is 9.86. The Bertz CT molecular complexity index is 1220. The van der Waals surface area contributed by atoms with Crippen molar-refractivity contribution in [2.24, 2.45) is 5.92 Å². The maximum absolute atomic E-state index is 13.6. The summed E-state index contributed by atoms with van der Waals surface area (Å²) in [6, 6.07) is 17.2. The number of aliphatic hydroxyl groups is 1. The molecule has 1 N–H and O–H groups in total. The standard InChI is InChI=1S/C29H32N4O3/c1-21-17-33(22(2)20-34)29(35)26-15-24(12-13-25-11-7-8-14-30-25)16-31-28(26)36-27(21)19-32(3)18-23-9-5-4-6-10-23/h4-11,14-16,21-22,27,34H,17-20H2,1-3H3/t21-,22-,27+/m1/s1. The van der Waals surface area contributed by atoms with Gasteiger partial charge in [-0.3, -0.25) is 9.69 Å². The Morgan fingerprint density at radius 3 is 2.67 bits per heavy atom.